The summed E-state index contributed by atoms with van der Waals surface area (Å²) in [6.07, 6.45) is 3.61. The maximum absolute atomic E-state index is 11.3. The van der Waals surface area contributed by atoms with Gasteiger partial charge in [0.05, 0.1) is 7.11 Å². The zero-order valence-corrected chi connectivity index (χ0v) is 13.6. The van der Waals surface area contributed by atoms with Crippen LogP contribution in [0.2, 0.25) is 0 Å². The van der Waals surface area contributed by atoms with Crippen molar-refractivity contribution in [2.45, 2.75) is 52.6 Å². The number of carboxylic acid groups (broad SMARTS) is 1. The zero-order chi connectivity index (χ0) is 15.8. The van der Waals surface area contributed by atoms with Crippen molar-refractivity contribution in [1.82, 2.24) is 4.90 Å². The summed E-state index contributed by atoms with van der Waals surface area (Å²) in [6.45, 7) is 8.36. The molecule has 0 aliphatic rings. The lowest BCUT2D eigenvalue weighted by Gasteiger charge is -2.26. The minimum absolute atomic E-state index is 0.229. The van der Waals surface area contributed by atoms with Crippen molar-refractivity contribution in [2.75, 3.05) is 13.7 Å². The van der Waals surface area contributed by atoms with E-state index in [-0.39, 0.29) is 5.56 Å². The molecular formula is C17H27NO3. The average Bonchev–Trinajstić information content (AvgIpc) is 2.46. The molecule has 1 N–H and O–H groups in total. The van der Waals surface area contributed by atoms with E-state index < -0.39 is 5.97 Å². The van der Waals surface area contributed by atoms with Crippen LogP contribution in [0.15, 0.2) is 18.2 Å². The maximum atomic E-state index is 11.3. The second-order valence-corrected chi connectivity index (χ2v) is 5.61. The van der Waals surface area contributed by atoms with Gasteiger partial charge in [0.15, 0.2) is 0 Å². The number of hydrogen-bond donors (Lipinski definition) is 1. The lowest BCUT2D eigenvalue weighted by Crippen LogP contribution is -2.31. The molecule has 0 bridgehead atoms. The van der Waals surface area contributed by atoms with Gasteiger partial charge in [0.2, 0.25) is 0 Å². The van der Waals surface area contributed by atoms with Gasteiger partial charge >= 0.3 is 5.97 Å². The van der Waals surface area contributed by atoms with Crippen molar-refractivity contribution in [3.8, 4) is 5.75 Å². The molecule has 0 radical (unpaired) electrons. The quantitative estimate of drug-likeness (QED) is 0.704. The molecule has 1 aromatic carbocycles. The van der Waals surface area contributed by atoms with Crippen LogP contribution in [0.1, 0.15) is 56.0 Å². The van der Waals surface area contributed by atoms with E-state index in [4.69, 9.17) is 4.74 Å². The summed E-state index contributed by atoms with van der Waals surface area (Å²) in [5, 5.41) is 9.24. The van der Waals surface area contributed by atoms with E-state index in [1.807, 2.05) is 6.07 Å². The predicted molar refractivity (Wildman–Crippen MR) is 85.0 cm³/mol. The molecule has 0 unspecified atom stereocenters. The molecule has 4 heteroatoms. The number of hydrogen-bond acceptors (Lipinski definition) is 3. The Labute approximate surface area is 127 Å². The maximum Gasteiger partial charge on any atom is 0.339 e. The summed E-state index contributed by atoms with van der Waals surface area (Å²) in [4.78, 5) is 13.6. The molecule has 0 aromatic heterocycles. The summed E-state index contributed by atoms with van der Waals surface area (Å²) in [7, 11) is 1.49. The Morgan fingerprint density at radius 1 is 1.33 bits per heavy atom. The summed E-state index contributed by atoms with van der Waals surface area (Å²) < 4.78 is 5.10. The van der Waals surface area contributed by atoms with E-state index in [1.165, 1.54) is 26.4 Å². The minimum Gasteiger partial charge on any atom is -0.496 e. The first-order chi connectivity index (χ1) is 9.99. The van der Waals surface area contributed by atoms with E-state index in [2.05, 4.69) is 25.7 Å². The predicted octanol–water partition coefficient (Wildman–Crippen LogP) is 3.79. The number of benzene rings is 1. The van der Waals surface area contributed by atoms with Gasteiger partial charge in [-0.05, 0) is 44.5 Å². The number of carboxylic acids is 1. The molecule has 21 heavy (non-hydrogen) atoms. The second kappa shape index (κ2) is 8.67. The molecule has 1 rings (SSSR count). The smallest absolute Gasteiger partial charge is 0.339 e. The van der Waals surface area contributed by atoms with Crippen molar-refractivity contribution in [3.05, 3.63) is 29.3 Å². The number of carbonyl (C=O) groups is 1. The highest BCUT2D eigenvalue weighted by molar-refractivity contribution is 5.91. The van der Waals surface area contributed by atoms with Crippen LogP contribution in [0, 0.1) is 0 Å². The van der Waals surface area contributed by atoms with Crippen molar-refractivity contribution < 1.29 is 14.6 Å². The summed E-state index contributed by atoms with van der Waals surface area (Å²) >= 11 is 0. The van der Waals surface area contributed by atoms with E-state index in [0.717, 1.165) is 18.7 Å². The fourth-order valence-corrected chi connectivity index (χ4v) is 2.34. The first-order valence-corrected chi connectivity index (χ1v) is 7.63. The molecule has 4 nitrogen and oxygen atoms in total. The second-order valence-electron chi connectivity index (χ2n) is 5.61. The lowest BCUT2D eigenvalue weighted by molar-refractivity contribution is 0.0693. The third kappa shape index (κ3) is 5.38. The first kappa shape index (κ1) is 17.5. The Morgan fingerprint density at radius 3 is 2.57 bits per heavy atom. The van der Waals surface area contributed by atoms with E-state index in [9.17, 15) is 9.90 Å². The number of unbranched alkanes of at least 4 members (excludes halogenated alkanes) is 2. The molecule has 0 heterocycles. The highest BCUT2D eigenvalue weighted by atomic mass is 16.5. The van der Waals surface area contributed by atoms with Gasteiger partial charge in [0.1, 0.15) is 11.3 Å². The van der Waals surface area contributed by atoms with Gasteiger partial charge in [0.25, 0.3) is 0 Å². The molecule has 0 atom stereocenters. The molecule has 0 aliphatic heterocycles. The van der Waals surface area contributed by atoms with Crippen LogP contribution in [0.25, 0.3) is 0 Å². The van der Waals surface area contributed by atoms with Crippen LogP contribution in [0.3, 0.4) is 0 Å². The summed E-state index contributed by atoms with van der Waals surface area (Å²) in [5.41, 5.74) is 1.24. The Balaban J connectivity index is 2.83. The van der Waals surface area contributed by atoms with E-state index >= 15 is 0 Å². The SMILES string of the molecule is CCCCCN(Cc1ccc(OC)c(C(=O)O)c1)C(C)C. The summed E-state index contributed by atoms with van der Waals surface area (Å²) in [5.74, 6) is -0.538. The first-order valence-electron chi connectivity index (χ1n) is 7.63. The van der Waals surface area contributed by atoms with Gasteiger partial charge in [-0.2, -0.15) is 0 Å². The van der Waals surface area contributed by atoms with Crippen LogP contribution >= 0.6 is 0 Å². The number of nitrogens with zero attached hydrogens (tertiary/aromatic N) is 1. The Morgan fingerprint density at radius 2 is 2.05 bits per heavy atom. The summed E-state index contributed by atoms with van der Waals surface area (Å²) in [6, 6.07) is 5.84. The van der Waals surface area contributed by atoms with Crippen LogP contribution in [-0.2, 0) is 6.54 Å². The van der Waals surface area contributed by atoms with Gasteiger partial charge in [-0.3, -0.25) is 4.90 Å². The number of methoxy groups -OCH3 is 1. The molecule has 0 saturated heterocycles. The molecule has 0 amide bonds. The average molecular weight is 293 g/mol. The minimum atomic E-state index is -0.948. The van der Waals surface area contributed by atoms with E-state index in [1.54, 1.807) is 12.1 Å². The van der Waals surface area contributed by atoms with Crippen LogP contribution in [0.4, 0.5) is 0 Å². The lowest BCUT2D eigenvalue weighted by atomic mass is 10.1. The standard InChI is InChI=1S/C17H27NO3/c1-5-6-7-10-18(13(2)3)12-14-8-9-16(21-4)15(11-14)17(19)20/h8-9,11,13H,5-7,10,12H2,1-4H3,(H,19,20). The zero-order valence-electron chi connectivity index (χ0n) is 13.6. The molecule has 118 valence electrons. The molecular weight excluding hydrogens is 266 g/mol. The van der Waals surface area contributed by atoms with Crippen LogP contribution < -0.4 is 4.74 Å². The highest BCUT2D eigenvalue weighted by Gasteiger charge is 2.14. The van der Waals surface area contributed by atoms with Gasteiger partial charge < -0.3 is 9.84 Å². The largest absolute Gasteiger partial charge is 0.496 e. The van der Waals surface area contributed by atoms with E-state index in [0.29, 0.717) is 11.8 Å². The fourth-order valence-electron chi connectivity index (χ4n) is 2.34. The third-order valence-corrected chi connectivity index (χ3v) is 3.66. The number of ether oxygens (including phenoxy) is 1. The topological polar surface area (TPSA) is 49.8 Å². The molecule has 0 fully saturated rings. The molecule has 0 aliphatic carbocycles. The van der Waals surface area contributed by atoms with Crippen LogP contribution in [-0.4, -0.2) is 35.7 Å². The molecule has 1 aromatic rings. The normalized spacial score (nSPS) is 11.1. The molecule has 0 spiro atoms. The Bertz CT molecular complexity index is 457. The number of aromatic carboxylic acids is 1. The van der Waals surface area contributed by atoms with Crippen molar-refractivity contribution in [2.24, 2.45) is 0 Å². The van der Waals surface area contributed by atoms with Crippen LogP contribution in [0.5, 0.6) is 5.75 Å². The van der Waals surface area contributed by atoms with Gasteiger partial charge in [0, 0.05) is 12.6 Å². The van der Waals surface area contributed by atoms with Gasteiger partial charge in [-0.25, -0.2) is 4.79 Å². The highest BCUT2D eigenvalue weighted by Crippen LogP contribution is 2.21. The Kier molecular flexibility index (Phi) is 7.23. The van der Waals surface area contributed by atoms with Crippen molar-refractivity contribution in [1.29, 1.82) is 0 Å². The third-order valence-electron chi connectivity index (χ3n) is 3.66. The molecule has 0 saturated carbocycles. The van der Waals surface area contributed by atoms with Crippen molar-refractivity contribution >= 4 is 5.97 Å². The van der Waals surface area contributed by atoms with Crippen molar-refractivity contribution in [3.63, 3.8) is 0 Å². The Hall–Kier alpha value is -1.55. The van der Waals surface area contributed by atoms with Gasteiger partial charge in [-0.1, -0.05) is 25.8 Å². The monoisotopic (exact) mass is 293 g/mol. The fraction of sp³-hybridized carbons (Fsp3) is 0.588. The van der Waals surface area contributed by atoms with Gasteiger partial charge in [-0.15, -0.1) is 0 Å². The number of rotatable bonds is 9.